The maximum atomic E-state index is 5.80. The monoisotopic (exact) mass is 189 g/mol. The Kier molecular flexibility index (Phi) is 3.87. The first-order valence-corrected chi connectivity index (χ1v) is 5.58. The van der Waals surface area contributed by atoms with Crippen LogP contribution in [-0.4, -0.2) is 29.3 Å². The molecule has 0 spiro atoms. The van der Waals surface area contributed by atoms with Crippen LogP contribution in [0.15, 0.2) is 0 Å². The molecule has 1 aliphatic rings. The van der Waals surface area contributed by atoms with Gasteiger partial charge in [0.1, 0.15) is 0 Å². The minimum absolute atomic E-state index is 0.280. The van der Waals surface area contributed by atoms with Crippen molar-refractivity contribution in [3.63, 3.8) is 0 Å². The van der Waals surface area contributed by atoms with Gasteiger partial charge in [0.05, 0.1) is 6.10 Å². The molecule has 0 aliphatic carbocycles. The number of hydrogen-bond acceptors (Lipinski definition) is 3. The Hall–Kier alpha value is 0.270. The van der Waals surface area contributed by atoms with Crippen molar-refractivity contribution in [3.05, 3.63) is 0 Å². The van der Waals surface area contributed by atoms with E-state index in [1.807, 2.05) is 11.8 Å². The smallest absolute Gasteiger partial charge is 0.0666 e. The molecule has 0 aromatic carbocycles. The maximum Gasteiger partial charge on any atom is 0.0666 e. The van der Waals surface area contributed by atoms with Crippen LogP contribution in [0.3, 0.4) is 0 Å². The summed E-state index contributed by atoms with van der Waals surface area (Å²) in [5, 5.41) is 1.20. The third-order valence-electron chi connectivity index (χ3n) is 2.44. The summed E-state index contributed by atoms with van der Waals surface area (Å²) in [5.74, 6) is 0. The molecular formula is C9H19NOS. The van der Waals surface area contributed by atoms with Gasteiger partial charge in [-0.05, 0) is 20.3 Å². The van der Waals surface area contributed by atoms with Crippen LogP contribution in [0.2, 0.25) is 0 Å². The summed E-state index contributed by atoms with van der Waals surface area (Å²) in [4.78, 5) is 0. The molecular weight excluding hydrogens is 170 g/mol. The van der Waals surface area contributed by atoms with E-state index in [1.165, 1.54) is 6.42 Å². The van der Waals surface area contributed by atoms with Gasteiger partial charge in [-0.1, -0.05) is 6.92 Å². The minimum atomic E-state index is 0.280. The average Bonchev–Trinajstić information content (AvgIpc) is 2.36. The summed E-state index contributed by atoms with van der Waals surface area (Å²) in [6.07, 6.45) is 1.60. The fourth-order valence-electron chi connectivity index (χ4n) is 1.29. The van der Waals surface area contributed by atoms with Crippen molar-refractivity contribution in [2.45, 2.75) is 49.8 Å². The van der Waals surface area contributed by atoms with E-state index in [0.29, 0.717) is 16.6 Å². The van der Waals surface area contributed by atoms with Crippen LogP contribution in [-0.2, 0) is 4.74 Å². The highest BCUT2D eigenvalue weighted by atomic mass is 32.2. The SMILES string of the molecule is CC(N)C(C)SC1CCOC1C. The molecule has 0 radical (unpaired) electrons. The molecule has 0 aromatic heterocycles. The molecule has 1 saturated heterocycles. The standard InChI is InChI=1S/C9H19NOS/c1-6(10)8(3)12-9-4-5-11-7(9)2/h6-9H,4-5,10H2,1-3H3. The van der Waals surface area contributed by atoms with Crippen LogP contribution in [0.1, 0.15) is 27.2 Å². The Labute approximate surface area is 79.2 Å². The molecule has 0 bridgehead atoms. The Balaban J connectivity index is 2.30. The Morgan fingerprint density at radius 3 is 2.58 bits per heavy atom. The second-order valence-electron chi connectivity index (χ2n) is 3.60. The van der Waals surface area contributed by atoms with E-state index in [1.54, 1.807) is 0 Å². The molecule has 0 saturated carbocycles. The van der Waals surface area contributed by atoms with E-state index < -0.39 is 0 Å². The van der Waals surface area contributed by atoms with Gasteiger partial charge in [-0.3, -0.25) is 0 Å². The molecule has 1 fully saturated rings. The summed E-state index contributed by atoms with van der Waals surface area (Å²) in [6.45, 7) is 7.33. The van der Waals surface area contributed by atoms with Gasteiger partial charge in [0, 0.05) is 23.1 Å². The topological polar surface area (TPSA) is 35.2 Å². The van der Waals surface area contributed by atoms with E-state index in [2.05, 4.69) is 20.8 Å². The Morgan fingerprint density at radius 1 is 1.50 bits per heavy atom. The van der Waals surface area contributed by atoms with Crippen molar-refractivity contribution >= 4 is 11.8 Å². The summed E-state index contributed by atoms with van der Waals surface area (Å²) in [7, 11) is 0. The number of ether oxygens (including phenoxy) is 1. The molecule has 2 N–H and O–H groups in total. The van der Waals surface area contributed by atoms with Crippen LogP contribution in [0, 0.1) is 0 Å². The lowest BCUT2D eigenvalue weighted by Gasteiger charge is -2.21. The number of nitrogens with two attached hydrogens (primary N) is 1. The van der Waals surface area contributed by atoms with Gasteiger partial charge in [0.25, 0.3) is 0 Å². The molecule has 72 valence electrons. The number of thioether (sulfide) groups is 1. The highest BCUT2D eigenvalue weighted by Crippen LogP contribution is 2.30. The van der Waals surface area contributed by atoms with Gasteiger partial charge in [0.2, 0.25) is 0 Å². The quantitative estimate of drug-likeness (QED) is 0.733. The van der Waals surface area contributed by atoms with Gasteiger partial charge in [-0.2, -0.15) is 11.8 Å². The van der Waals surface area contributed by atoms with E-state index in [9.17, 15) is 0 Å². The zero-order valence-electron chi connectivity index (χ0n) is 8.12. The summed E-state index contributed by atoms with van der Waals surface area (Å²) < 4.78 is 5.48. The first-order chi connectivity index (χ1) is 5.61. The van der Waals surface area contributed by atoms with Crippen LogP contribution >= 0.6 is 11.8 Å². The predicted molar refractivity (Wildman–Crippen MR) is 54.5 cm³/mol. The molecule has 3 heteroatoms. The molecule has 1 heterocycles. The summed E-state index contributed by atoms with van der Waals surface area (Å²) >= 11 is 1.97. The first-order valence-electron chi connectivity index (χ1n) is 4.64. The largest absolute Gasteiger partial charge is 0.377 e. The molecule has 0 aromatic rings. The molecule has 1 aliphatic heterocycles. The third kappa shape index (κ3) is 2.64. The lowest BCUT2D eigenvalue weighted by Crippen LogP contribution is -2.29. The first kappa shape index (κ1) is 10.4. The van der Waals surface area contributed by atoms with Crippen LogP contribution < -0.4 is 5.73 Å². The fraction of sp³-hybridized carbons (Fsp3) is 1.00. The predicted octanol–water partition coefficient (Wildman–Crippen LogP) is 1.63. The zero-order valence-corrected chi connectivity index (χ0v) is 8.93. The second-order valence-corrected chi connectivity index (χ2v) is 5.22. The van der Waals surface area contributed by atoms with Crippen molar-refractivity contribution in [3.8, 4) is 0 Å². The number of rotatable bonds is 3. The van der Waals surface area contributed by atoms with E-state index in [4.69, 9.17) is 10.5 Å². The third-order valence-corrected chi connectivity index (χ3v) is 4.26. The van der Waals surface area contributed by atoms with Gasteiger partial charge >= 0.3 is 0 Å². The summed E-state index contributed by atoms with van der Waals surface area (Å²) in [6, 6.07) is 0.280. The average molecular weight is 189 g/mol. The second kappa shape index (κ2) is 4.49. The van der Waals surface area contributed by atoms with Crippen molar-refractivity contribution in [2.75, 3.05) is 6.61 Å². The molecule has 0 amide bonds. The number of hydrogen-bond donors (Lipinski definition) is 1. The molecule has 4 atom stereocenters. The minimum Gasteiger partial charge on any atom is -0.377 e. The van der Waals surface area contributed by atoms with Gasteiger partial charge in [-0.15, -0.1) is 0 Å². The van der Waals surface area contributed by atoms with E-state index >= 15 is 0 Å². The van der Waals surface area contributed by atoms with Crippen LogP contribution in [0.4, 0.5) is 0 Å². The molecule has 2 nitrogen and oxygen atoms in total. The molecule has 4 unspecified atom stereocenters. The van der Waals surface area contributed by atoms with E-state index in [0.717, 1.165) is 6.61 Å². The van der Waals surface area contributed by atoms with Gasteiger partial charge in [-0.25, -0.2) is 0 Å². The fourth-order valence-corrected chi connectivity index (χ4v) is 2.62. The van der Waals surface area contributed by atoms with Gasteiger partial charge in [0.15, 0.2) is 0 Å². The Bertz CT molecular complexity index is 140. The van der Waals surface area contributed by atoms with Crippen molar-refractivity contribution < 1.29 is 4.74 Å². The van der Waals surface area contributed by atoms with Crippen molar-refractivity contribution in [1.29, 1.82) is 0 Å². The maximum absolute atomic E-state index is 5.80. The molecule has 12 heavy (non-hydrogen) atoms. The van der Waals surface area contributed by atoms with Crippen molar-refractivity contribution in [2.24, 2.45) is 5.73 Å². The lowest BCUT2D eigenvalue weighted by atomic mass is 10.2. The summed E-state index contributed by atoms with van der Waals surface area (Å²) in [5.41, 5.74) is 5.80. The van der Waals surface area contributed by atoms with E-state index in [-0.39, 0.29) is 6.04 Å². The lowest BCUT2D eigenvalue weighted by molar-refractivity contribution is 0.127. The highest BCUT2D eigenvalue weighted by molar-refractivity contribution is 8.00. The van der Waals surface area contributed by atoms with Crippen LogP contribution in [0.5, 0.6) is 0 Å². The molecule has 1 rings (SSSR count). The normalized spacial score (nSPS) is 35.0. The van der Waals surface area contributed by atoms with Gasteiger partial charge < -0.3 is 10.5 Å². The highest BCUT2D eigenvalue weighted by Gasteiger charge is 2.27. The van der Waals surface area contributed by atoms with Crippen LogP contribution in [0.25, 0.3) is 0 Å². The zero-order chi connectivity index (χ0) is 9.14. The van der Waals surface area contributed by atoms with Crippen molar-refractivity contribution in [1.82, 2.24) is 0 Å². The Morgan fingerprint density at radius 2 is 2.17 bits per heavy atom.